The Hall–Kier alpha value is -3.68. The first-order valence-electron chi connectivity index (χ1n) is 15.9. The van der Waals surface area contributed by atoms with Gasteiger partial charge in [-0.2, -0.15) is 0 Å². The Bertz CT molecular complexity index is 1480. The summed E-state index contributed by atoms with van der Waals surface area (Å²) in [5.74, 6) is 0.598. The molecule has 3 aliphatic rings. The molecule has 2 fully saturated rings. The summed E-state index contributed by atoms with van der Waals surface area (Å²) in [4.78, 5) is 43.3. The van der Waals surface area contributed by atoms with Crippen LogP contribution in [-0.4, -0.2) is 59.2 Å². The topological polar surface area (TPSA) is 81.8 Å². The van der Waals surface area contributed by atoms with Gasteiger partial charge in [0.05, 0.1) is 6.04 Å². The fourth-order valence-corrected chi connectivity index (χ4v) is 7.08. The largest absolute Gasteiger partial charge is 0.351 e. The summed E-state index contributed by atoms with van der Waals surface area (Å²) in [5, 5.41) is 7.25. The molecule has 0 radical (unpaired) electrons. The van der Waals surface area contributed by atoms with E-state index in [9.17, 15) is 14.4 Å². The predicted molar refractivity (Wildman–Crippen MR) is 172 cm³/mol. The zero-order valence-electron chi connectivity index (χ0n) is 25.1. The number of halogens is 1. The van der Waals surface area contributed by atoms with E-state index in [0.717, 1.165) is 31.4 Å². The number of rotatable bonds is 9. The van der Waals surface area contributed by atoms with Crippen LogP contribution in [0.2, 0.25) is 5.02 Å². The average molecular weight is 613 g/mol. The minimum absolute atomic E-state index is 0.0700. The molecular formula is C36H41ClN4O3. The Morgan fingerprint density at radius 1 is 0.932 bits per heavy atom. The van der Waals surface area contributed by atoms with Gasteiger partial charge in [-0.1, -0.05) is 72.3 Å². The van der Waals surface area contributed by atoms with Gasteiger partial charge < -0.3 is 20.4 Å². The molecule has 8 heteroatoms. The maximum absolute atomic E-state index is 13.6. The number of hydrogen-bond donors (Lipinski definition) is 2. The van der Waals surface area contributed by atoms with E-state index in [1.807, 2.05) is 46.2 Å². The molecule has 0 spiro atoms. The monoisotopic (exact) mass is 612 g/mol. The second-order valence-corrected chi connectivity index (χ2v) is 12.9. The molecule has 3 heterocycles. The van der Waals surface area contributed by atoms with Crippen LogP contribution in [-0.2, 0) is 40.3 Å². The Kier molecular flexibility index (Phi) is 9.63. The van der Waals surface area contributed by atoms with E-state index < -0.39 is 0 Å². The fourth-order valence-electron chi connectivity index (χ4n) is 6.95. The van der Waals surface area contributed by atoms with Crippen LogP contribution < -0.4 is 10.6 Å². The van der Waals surface area contributed by atoms with E-state index in [0.29, 0.717) is 56.4 Å². The molecule has 44 heavy (non-hydrogen) atoms. The number of nitrogens with one attached hydrogen (secondary N) is 2. The zero-order chi connectivity index (χ0) is 30.5. The van der Waals surface area contributed by atoms with Gasteiger partial charge in [-0.15, -0.1) is 0 Å². The number of likely N-dealkylation sites (tertiary alicyclic amines) is 2. The Labute approximate surface area is 265 Å². The van der Waals surface area contributed by atoms with Crippen molar-refractivity contribution in [3.8, 4) is 0 Å². The lowest BCUT2D eigenvalue weighted by molar-refractivity contribution is -0.133. The first-order chi connectivity index (χ1) is 21.4. The van der Waals surface area contributed by atoms with E-state index in [2.05, 4.69) is 47.0 Å². The highest BCUT2D eigenvalue weighted by atomic mass is 35.5. The van der Waals surface area contributed by atoms with Gasteiger partial charge in [-0.25, -0.2) is 0 Å². The molecule has 1 unspecified atom stereocenters. The summed E-state index contributed by atoms with van der Waals surface area (Å²) >= 11 is 6.12. The van der Waals surface area contributed by atoms with Gasteiger partial charge >= 0.3 is 0 Å². The number of carbonyl (C=O) groups excluding carboxylic acids is 3. The molecule has 0 saturated carbocycles. The van der Waals surface area contributed by atoms with Crippen molar-refractivity contribution >= 4 is 29.3 Å². The number of fused-ring (bicyclic) bond motifs is 1. The third kappa shape index (κ3) is 7.33. The third-order valence-electron chi connectivity index (χ3n) is 9.44. The highest BCUT2D eigenvalue weighted by Gasteiger charge is 2.30. The van der Waals surface area contributed by atoms with Gasteiger partial charge in [-0.3, -0.25) is 14.4 Å². The Balaban J connectivity index is 1.08. The van der Waals surface area contributed by atoms with Gasteiger partial charge in [0.2, 0.25) is 17.7 Å². The molecule has 0 aliphatic carbocycles. The molecule has 0 aromatic heterocycles. The van der Waals surface area contributed by atoms with Crippen LogP contribution in [0.5, 0.6) is 0 Å². The van der Waals surface area contributed by atoms with Crippen molar-refractivity contribution in [1.29, 1.82) is 0 Å². The molecule has 6 rings (SSSR count). The minimum atomic E-state index is -0.334. The Morgan fingerprint density at radius 2 is 1.66 bits per heavy atom. The molecule has 3 aliphatic heterocycles. The van der Waals surface area contributed by atoms with Crippen LogP contribution in [0.4, 0.5) is 0 Å². The summed E-state index contributed by atoms with van der Waals surface area (Å²) < 4.78 is 0. The van der Waals surface area contributed by atoms with Crippen molar-refractivity contribution in [1.82, 2.24) is 20.4 Å². The van der Waals surface area contributed by atoms with E-state index in [-0.39, 0.29) is 36.2 Å². The lowest BCUT2D eigenvalue weighted by Gasteiger charge is -2.34. The number of amides is 3. The first-order valence-corrected chi connectivity index (χ1v) is 16.3. The summed E-state index contributed by atoms with van der Waals surface area (Å²) in [5.41, 5.74) is 5.96. The molecule has 3 aromatic rings. The smallest absolute Gasteiger partial charge is 0.237 e. The Morgan fingerprint density at radius 3 is 2.41 bits per heavy atom. The molecule has 3 amide bonds. The normalized spacial score (nSPS) is 19.5. The van der Waals surface area contributed by atoms with Crippen LogP contribution >= 0.6 is 11.6 Å². The predicted octanol–water partition coefficient (Wildman–Crippen LogP) is 5.00. The summed E-state index contributed by atoms with van der Waals surface area (Å²) in [6.45, 7) is 3.52. The SMILES string of the molecule is O=C(N[C@@H](CC(=O)N1CCC(c2ccccc2CN2CCCC2=O)CC1)Cc1ccc(Cl)cc1)C1Cc2ccccc2CN1. The second kappa shape index (κ2) is 14.0. The number of piperidine rings is 1. The number of hydrogen-bond acceptors (Lipinski definition) is 4. The van der Waals surface area contributed by atoms with Crippen molar-refractivity contribution in [2.45, 2.75) is 76.0 Å². The summed E-state index contributed by atoms with van der Waals surface area (Å²) in [6.07, 6.45) is 4.78. The highest BCUT2D eigenvalue weighted by molar-refractivity contribution is 6.30. The lowest BCUT2D eigenvalue weighted by Crippen LogP contribution is -2.52. The first kappa shape index (κ1) is 30.4. The molecule has 0 bridgehead atoms. The van der Waals surface area contributed by atoms with Crippen LogP contribution in [0.3, 0.4) is 0 Å². The van der Waals surface area contributed by atoms with Crippen molar-refractivity contribution < 1.29 is 14.4 Å². The third-order valence-corrected chi connectivity index (χ3v) is 9.69. The van der Waals surface area contributed by atoms with E-state index in [1.165, 1.54) is 22.3 Å². The van der Waals surface area contributed by atoms with Gasteiger partial charge in [-0.05, 0) is 78.0 Å². The molecule has 3 aromatic carbocycles. The van der Waals surface area contributed by atoms with Crippen LogP contribution in [0.1, 0.15) is 65.8 Å². The molecule has 230 valence electrons. The summed E-state index contributed by atoms with van der Waals surface area (Å²) in [7, 11) is 0. The average Bonchev–Trinajstić information content (AvgIpc) is 3.45. The number of benzene rings is 3. The maximum atomic E-state index is 13.6. The maximum Gasteiger partial charge on any atom is 0.237 e. The summed E-state index contributed by atoms with van der Waals surface area (Å²) in [6, 6.07) is 23.6. The van der Waals surface area contributed by atoms with Crippen molar-refractivity contribution in [3.05, 3.63) is 106 Å². The van der Waals surface area contributed by atoms with Crippen molar-refractivity contribution in [3.63, 3.8) is 0 Å². The van der Waals surface area contributed by atoms with Crippen LogP contribution in [0.25, 0.3) is 0 Å². The highest BCUT2D eigenvalue weighted by Crippen LogP contribution is 2.32. The van der Waals surface area contributed by atoms with Crippen molar-refractivity contribution in [2.24, 2.45) is 0 Å². The number of nitrogens with zero attached hydrogens (tertiary/aromatic N) is 2. The number of carbonyl (C=O) groups is 3. The molecule has 2 saturated heterocycles. The van der Waals surface area contributed by atoms with E-state index in [1.54, 1.807) is 0 Å². The molecule has 7 nitrogen and oxygen atoms in total. The zero-order valence-corrected chi connectivity index (χ0v) is 25.9. The lowest BCUT2D eigenvalue weighted by atomic mass is 9.86. The standard InChI is InChI=1S/C36H41ClN4O3/c37-30-13-11-25(12-14-30)20-31(39-36(44)33-21-27-6-1-2-7-28(27)23-38-33)22-35(43)40-18-15-26(16-19-40)32-9-4-3-8-29(32)24-41-17-5-10-34(41)42/h1-4,6-9,11-14,26,31,33,38H,5,10,15-24H2,(H,39,44)/t31-,33?/m1/s1. The van der Waals surface area contributed by atoms with Crippen LogP contribution in [0.15, 0.2) is 72.8 Å². The fraction of sp³-hybridized carbons (Fsp3) is 0.417. The minimum Gasteiger partial charge on any atom is -0.351 e. The molecule has 2 atom stereocenters. The molecular weight excluding hydrogens is 572 g/mol. The van der Waals surface area contributed by atoms with Gasteiger partial charge in [0.25, 0.3) is 0 Å². The van der Waals surface area contributed by atoms with E-state index in [4.69, 9.17) is 11.6 Å². The van der Waals surface area contributed by atoms with E-state index >= 15 is 0 Å². The second-order valence-electron chi connectivity index (χ2n) is 12.4. The van der Waals surface area contributed by atoms with Gasteiger partial charge in [0, 0.05) is 56.6 Å². The quantitative estimate of drug-likeness (QED) is 0.356. The van der Waals surface area contributed by atoms with Crippen molar-refractivity contribution in [2.75, 3.05) is 19.6 Å². The van der Waals surface area contributed by atoms with Crippen LogP contribution in [0, 0.1) is 0 Å². The van der Waals surface area contributed by atoms with Gasteiger partial charge in [0.15, 0.2) is 0 Å². The van der Waals surface area contributed by atoms with Gasteiger partial charge in [0.1, 0.15) is 0 Å². The molecule has 2 N–H and O–H groups in total.